The van der Waals surface area contributed by atoms with Crippen LogP contribution in [0, 0.1) is 0 Å². The lowest BCUT2D eigenvalue weighted by Gasteiger charge is -2.48. The number of esters is 1. The molecule has 0 saturated carbocycles. The summed E-state index contributed by atoms with van der Waals surface area (Å²) in [5.74, 6) is -0.438. The summed E-state index contributed by atoms with van der Waals surface area (Å²) in [7, 11) is -2.88. The minimum atomic E-state index is -2.88. The molecule has 7 heteroatoms. The summed E-state index contributed by atoms with van der Waals surface area (Å²) in [6, 6.07) is 29.9. The van der Waals surface area contributed by atoms with E-state index in [2.05, 4.69) is 69.3 Å². The van der Waals surface area contributed by atoms with Gasteiger partial charge < -0.3 is 23.4 Å². The molecule has 1 unspecified atom stereocenters. The van der Waals surface area contributed by atoms with Crippen molar-refractivity contribution in [2.75, 3.05) is 0 Å². The average Bonchev–Trinajstić information content (AvgIpc) is 2.97. The van der Waals surface area contributed by atoms with Gasteiger partial charge in [-0.05, 0) is 47.8 Å². The van der Waals surface area contributed by atoms with Crippen LogP contribution in [0.2, 0.25) is 5.04 Å². The average molecular weight is 575 g/mol. The van der Waals surface area contributed by atoms with E-state index >= 15 is 0 Å². The minimum absolute atomic E-state index is 0.220. The highest BCUT2D eigenvalue weighted by Crippen LogP contribution is 2.40. The van der Waals surface area contributed by atoms with Gasteiger partial charge >= 0.3 is 5.97 Å². The van der Waals surface area contributed by atoms with Gasteiger partial charge in [-0.15, -0.1) is 0 Å². The van der Waals surface area contributed by atoms with Crippen LogP contribution >= 0.6 is 0 Å². The van der Waals surface area contributed by atoms with Crippen molar-refractivity contribution in [3.05, 3.63) is 96.6 Å². The van der Waals surface area contributed by atoms with Crippen LogP contribution in [-0.4, -0.2) is 51.3 Å². The lowest BCUT2D eigenvalue weighted by atomic mass is 10.0. The van der Waals surface area contributed by atoms with Crippen molar-refractivity contribution in [1.82, 2.24) is 0 Å². The van der Waals surface area contributed by atoms with E-state index in [9.17, 15) is 9.59 Å². The Morgan fingerprint density at radius 3 is 1.98 bits per heavy atom. The molecule has 41 heavy (non-hydrogen) atoms. The largest absolute Gasteiger partial charge is 0.453 e. The molecule has 4 rings (SSSR count). The van der Waals surface area contributed by atoms with E-state index in [1.807, 2.05) is 32.0 Å². The summed E-state index contributed by atoms with van der Waals surface area (Å²) in [6.07, 6.45) is -0.174. The van der Waals surface area contributed by atoms with E-state index < -0.39 is 26.7 Å². The second-order valence-electron chi connectivity index (χ2n) is 11.8. The Labute approximate surface area is 245 Å². The first-order valence-electron chi connectivity index (χ1n) is 14.4. The SMILES string of the molecule is CC(CCC=O)O[C@@H]1O[C@@H](C)[C@H](O[Si](c2ccccc2)(c2ccccc2)C(C)(C)C)C[C@H]1OC(=O)c1ccccc1. The molecule has 1 aliphatic heterocycles. The monoisotopic (exact) mass is 574 g/mol. The number of hydrogen-bond donors (Lipinski definition) is 0. The van der Waals surface area contributed by atoms with Gasteiger partial charge in [-0.3, -0.25) is 0 Å². The van der Waals surface area contributed by atoms with Gasteiger partial charge in [0, 0.05) is 12.8 Å². The van der Waals surface area contributed by atoms with E-state index in [-0.39, 0.29) is 23.4 Å². The quantitative estimate of drug-likeness (QED) is 0.167. The van der Waals surface area contributed by atoms with E-state index in [0.717, 1.165) is 6.29 Å². The van der Waals surface area contributed by atoms with E-state index in [0.29, 0.717) is 24.8 Å². The van der Waals surface area contributed by atoms with Crippen LogP contribution in [0.1, 0.15) is 64.2 Å². The normalized spacial score (nSPS) is 22.1. The molecule has 1 aliphatic rings. The second-order valence-corrected chi connectivity index (χ2v) is 16.0. The maximum atomic E-state index is 13.2. The van der Waals surface area contributed by atoms with Crippen molar-refractivity contribution in [2.24, 2.45) is 0 Å². The zero-order valence-electron chi connectivity index (χ0n) is 24.7. The lowest BCUT2D eigenvalue weighted by molar-refractivity contribution is -0.270. The van der Waals surface area contributed by atoms with Crippen molar-refractivity contribution in [1.29, 1.82) is 0 Å². The van der Waals surface area contributed by atoms with Gasteiger partial charge in [0.15, 0.2) is 12.4 Å². The third kappa shape index (κ3) is 7.22. The highest BCUT2D eigenvalue weighted by atomic mass is 28.4. The zero-order valence-corrected chi connectivity index (χ0v) is 25.7. The lowest BCUT2D eigenvalue weighted by Crippen LogP contribution is -2.69. The molecule has 0 aromatic heterocycles. The predicted octanol–water partition coefficient (Wildman–Crippen LogP) is 5.68. The standard InChI is InChI=1S/C34H42O6Si/c1-25(16-15-23-35)37-33-31(39-32(36)27-17-9-6-10-18-27)24-30(26(2)38-33)40-41(34(3,4)5,28-19-11-7-12-20-28)29-21-13-8-14-22-29/h6-14,17-23,25-26,30-31,33H,15-16,24H2,1-5H3/t25?,26-,30+,31+,33+/m0/s1. The van der Waals surface area contributed by atoms with E-state index in [4.69, 9.17) is 18.6 Å². The molecule has 1 heterocycles. The van der Waals surface area contributed by atoms with Crippen LogP contribution < -0.4 is 10.4 Å². The Kier molecular flexibility index (Phi) is 10.3. The Morgan fingerprint density at radius 2 is 1.46 bits per heavy atom. The van der Waals surface area contributed by atoms with Crippen molar-refractivity contribution < 1.29 is 28.2 Å². The molecule has 3 aromatic carbocycles. The molecule has 0 spiro atoms. The maximum Gasteiger partial charge on any atom is 0.338 e. The van der Waals surface area contributed by atoms with Gasteiger partial charge in [0.1, 0.15) is 6.29 Å². The maximum absolute atomic E-state index is 13.2. The highest BCUT2D eigenvalue weighted by Gasteiger charge is 2.53. The molecule has 0 N–H and O–H groups in total. The number of benzene rings is 3. The summed E-state index contributed by atoms with van der Waals surface area (Å²) in [5.41, 5.74) is 0.461. The summed E-state index contributed by atoms with van der Waals surface area (Å²) < 4.78 is 26.1. The molecule has 0 radical (unpaired) electrons. The number of carbonyl (C=O) groups is 2. The van der Waals surface area contributed by atoms with Crippen molar-refractivity contribution in [2.45, 2.75) is 89.6 Å². The summed E-state index contributed by atoms with van der Waals surface area (Å²) >= 11 is 0. The molecule has 0 bridgehead atoms. The molecular formula is C34H42O6Si. The number of hydrogen-bond acceptors (Lipinski definition) is 6. The summed E-state index contributed by atoms with van der Waals surface area (Å²) in [5, 5.41) is 2.12. The molecule has 1 fully saturated rings. The number of aldehydes is 1. The number of rotatable bonds is 11. The van der Waals surface area contributed by atoms with Gasteiger partial charge in [0.2, 0.25) is 0 Å². The first-order chi connectivity index (χ1) is 19.7. The van der Waals surface area contributed by atoms with E-state index in [1.54, 1.807) is 24.3 Å². The molecule has 1 saturated heterocycles. The van der Waals surface area contributed by atoms with Crippen LogP contribution in [-0.2, 0) is 23.4 Å². The molecular weight excluding hydrogens is 532 g/mol. The van der Waals surface area contributed by atoms with Gasteiger partial charge in [0.05, 0.1) is 23.9 Å². The summed E-state index contributed by atoms with van der Waals surface area (Å²) in [6.45, 7) is 10.6. The minimum Gasteiger partial charge on any atom is -0.453 e. The van der Waals surface area contributed by atoms with Gasteiger partial charge in [0.25, 0.3) is 8.32 Å². The topological polar surface area (TPSA) is 71.1 Å². The number of ether oxygens (including phenoxy) is 3. The number of carbonyl (C=O) groups excluding carboxylic acids is 2. The Hall–Kier alpha value is -3.10. The third-order valence-electron chi connectivity index (χ3n) is 7.71. The van der Waals surface area contributed by atoms with Crippen LogP contribution in [0.15, 0.2) is 91.0 Å². The van der Waals surface area contributed by atoms with Gasteiger partial charge in [-0.25, -0.2) is 4.79 Å². The molecule has 3 aromatic rings. The first kappa shape index (κ1) is 30.8. The molecule has 0 aliphatic carbocycles. The highest BCUT2D eigenvalue weighted by molar-refractivity contribution is 6.99. The predicted molar refractivity (Wildman–Crippen MR) is 163 cm³/mol. The van der Waals surface area contributed by atoms with Gasteiger partial charge in [-0.2, -0.15) is 0 Å². The molecule has 0 amide bonds. The van der Waals surface area contributed by atoms with E-state index in [1.165, 1.54) is 10.4 Å². The fourth-order valence-corrected chi connectivity index (χ4v) is 10.3. The Morgan fingerprint density at radius 1 is 0.927 bits per heavy atom. The second kappa shape index (κ2) is 13.7. The fraction of sp³-hybridized carbons (Fsp3) is 0.412. The summed E-state index contributed by atoms with van der Waals surface area (Å²) in [4.78, 5) is 24.1. The smallest absolute Gasteiger partial charge is 0.338 e. The third-order valence-corrected chi connectivity index (χ3v) is 12.8. The Bertz CT molecular complexity index is 1200. The fourth-order valence-electron chi connectivity index (χ4n) is 5.58. The van der Waals surface area contributed by atoms with Crippen molar-refractivity contribution in [3.63, 3.8) is 0 Å². The molecule has 218 valence electrons. The van der Waals surface area contributed by atoms with Crippen molar-refractivity contribution in [3.8, 4) is 0 Å². The van der Waals surface area contributed by atoms with Crippen LogP contribution in [0.25, 0.3) is 0 Å². The molecule has 5 atom stereocenters. The van der Waals surface area contributed by atoms with Crippen molar-refractivity contribution >= 4 is 30.9 Å². The van der Waals surface area contributed by atoms with Crippen LogP contribution in [0.5, 0.6) is 0 Å². The Balaban J connectivity index is 1.69. The first-order valence-corrected chi connectivity index (χ1v) is 16.4. The molecule has 6 nitrogen and oxygen atoms in total. The van der Waals surface area contributed by atoms with Crippen LogP contribution in [0.3, 0.4) is 0 Å². The van der Waals surface area contributed by atoms with Gasteiger partial charge in [-0.1, -0.05) is 99.6 Å². The zero-order chi connectivity index (χ0) is 29.5. The van der Waals surface area contributed by atoms with Crippen LogP contribution in [0.4, 0.5) is 0 Å².